The third-order valence-electron chi connectivity index (χ3n) is 1.80. The van der Waals surface area contributed by atoms with Crippen molar-refractivity contribution in [1.82, 2.24) is 0 Å². The molecule has 0 N–H and O–H groups in total. The summed E-state index contributed by atoms with van der Waals surface area (Å²) in [5.74, 6) is -0.833. The lowest BCUT2D eigenvalue weighted by atomic mass is 10.4. The van der Waals surface area contributed by atoms with Crippen molar-refractivity contribution in [2.75, 3.05) is 6.61 Å². The zero-order chi connectivity index (χ0) is 7.40. The van der Waals surface area contributed by atoms with Crippen LogP contribution in [0.2, 0.25) is 6.04 Å². The summed E-state index contributed by atoms with van der Waals surface area (Å²) in [5.41, 5.74) is 0. The van der Waals surface area contributed by atoms with Gasteiger partial charge in [-0.2, -0.15) is 0 Å². The molecule has 0 saturated carbocycles. The highest BCUT2D eigenvalue weighted by molar-refractivity contribution is 6.54. The number of hydrogen-bond donors (Lipinski definition) is 0. The van der Waals surface area contributed by atoms with Crippen LogP contribution in [0.5, 0.6) is 0 Å². The van der Waals surface area contributed by atoms with Gasteiger partial charge in [0, 0.05) is 6.61 Å². The molecule has 0 aromatic rings. The molecular weight excluding hydrogens is 147 g/mol. The third kappa shape index (κ3) is 1.92. The Morgan fingerprint density at radius 1 is 1.60 bits per heavy atom. The number of hydrogen-bond acceptors (Lipinski definition) is 1. The first-order chi connectivity index (χ1) is 4.84. The Hall–Kier alpha value is -0.153. The van der Waals surface area contributed by atoms with E-state index in [-0.39, 0.29) is 0 Å². The molecule has 1 aliphatic rings. The standard InChI is InChI=1S/C7H13FOSi/c1-2-7(8)10-6-4-3-5-9-10/h2,7,10H,1,3-6H2. The molecule has 0 radical (unpaired) electrons. The number of rotatable bonds is 2. The lowest BCUT2D eigenvalue weighted by Gasteiger charge is -2.21. The average molecular weight is 160 g/mol. The van der Waals surface area contributed by atoms with Gasteiger partial charge in [-0.05, 0) is 12.5 Å². The van der Waals surface area contributed by atoms with Gasteiger partial charge in [0.15, 0.2) is 0 Å². The fourth-order valence-electron chi connectivity index (χ4n) is 1.17. The lowest BCUT2D eigenvalue weighted by molar-refractivity contribution is 0.265. The summed E-state index contributed by atoms with van der Waals surface area (Å²) in [4.78, 5) is 0. The van der Waals surface area contributed by atoms with Crippen molar-refractivity contribution >= 4 is 9.04 Å². The van der Waals surface area contributed by atoms with Crippen LogP contribution in [-0.4, -0.2) is 21.4 Å². The molecule has 0 aromatic carbocycles. The highest BCUT2D eigenvalue weighted by Crippen LogP contribution is 2.15. The van der Waals surface area contributed by atoms with E-state index in [0.29, 0.717) is 0 Å². The van der Waals surface area contributed by atoms with Gasteiger partial charge < -0.3 is 4.43 Å². The van der Waals surface area contributed by atoms with Gasteiger partial charge >= 0.3 is 0 Å². The molecule has 0 aromatic heterocycles. The topological polar surface area (TPSA) is 9.23 Å². The molecule has 0 spiro atoms. The summed E-state index contributed by atoms with van der Waals surface area (Å²) < 4.78 is 18.2. The van der Waals surface area contributed by atoms with E-state index in [9.17, 15) is 4.39 Å². The second-order valence-electron chi connectivity index (χ2n) is 2.59. The van der Waals surface area contributed by atoms with E-state index < -0.39 is 14.8 Å². The van der Waals surface area contributed by atoms with Crippen molar-refractivity contribution in [3.05, 3.63) is 12.7 Å². The molecule has 0 aliphatic carbocycles. The van der Waals surface area contributed by atoms with Gasteiger partial charge in [-0.25, -0.2) is 4.39 Å². The summed E-state index contributed by atoms with van der Waals surface area (Å²) in [6.45, 7) is 4.18. The minimum absolute atomic E-state index is 0.769. The maximum atomic E-state index is 12.8. The predicted molar refractivity (Wildman–Crippen MR) is 42.2 cm³/mol. The van der Waals surface area contributed by atoms with Gasteiger partial charge in [0.2, 0.25) is 9.04 Å². The van der Waals surface area contributed by atoms with E-state index >= 15 is 0 Å². The second kappa shape index (κ2) is 3.88. The fourth-order valence-corrected chi connectivity index (χ4v) is 3.30. The first kappa shape index (κ1) is 7.95. The second-order valence-corrected chi connectivity index (χ2v) is 5.21. The van der Waals surface area contributed by atoms with E-state index in [1.54, 1.807) is 0 Å². The van der Waals surface area contributed by atoms with Crippen molar-refractivity contribution in [1.29, 1.82) is 0 Å². The molecule has 3 heteroatoms. The normalized spacial score (nSPS) is 29.5. The Morgan fingerprint density at radius 2 is 2.40 bits per heavy atom. The van der Waals surface area contributed by atoms with Crippen molar-refractivity contribution in [3.8, 4) is 0 Å². The Kier molecular flexibility index (Phi) is 3.09. The summed E-state index contributed by atoms with van der Waals surface area (Å²) >= 11 is 0. The molecule has 2 atom stereocenters. The zero-order valence-electron chi connectivity index (χ0n) is 6.05. The van der Waals surface area contributed by atoms with Crippen molar-refractivity contribution in [2.45, 2.75) is 24.7 Å². The van der Waals surface area contributed by atoms with Crippen LogP contribution in [0.15, 0.2) is 12.7 Å². The number of alkyl halides is 1. The SMILES string of the molecule is C=CC(F)[SiH]1CCCCO1. The zero-order valence-corrected chi connectivity index (χ0v) is 7.21. The fraction of sp³-hybridized carbons (Fsp3) is 0.714. The number of halogens is 1. The largest absolute Gasteiger partial charge is 0.417 e. The first-order valence-electron chi connectivity index (χ1n) is 3.73. The van der Waals surface area contributed by atoms with Crippen LogP contribution in [0.3, 0.4) is 0 Å². The minimum Gasteiger partial charge on any atom is -0.417 e. The summed E-state index contributed by atoms with van der Waals surface area (Å²) in [5, 5.41) is 0. The molecule has 2 unspecified atom stereocenters. The van der Waals surface area contributed by atoms with Crippen molar-refractivity contribution < 1.29 is 8.82 Å². The molecule has 1 nitrogen and oxygen atoms in total. The molecule has 0 bridgehead atoms. The average Bonchev–Trinajstić information content (AvgIpc) is 2.05. The van der Waals surface area contributed by atoms with E-state index in [0.717, 1.165) is 25.5 Å². The van der Waals surface area contributed by atoms with Gasteiger partial charge in [0.25, 0.3) is 0 Å². The van der Waals surface area contributed by atoms with Crippen LogP contribution >= 0.6 is 0 Å². The Balaban J connectivity index is 2.30. The van der Waals surface area contributed by atoms with Gasteiger partial charge in [-0.3, -0.25) is 0 Å². The van der Waals surface area contributed by atoms with Crippen LogP contribution in [-0.2, 0) is 4.43 Å². The van der Waals surface area contributed by atoms with E-state index in [1.165, 1.54) is 6.08 Å². The molecule has 10 heavy (non-hydrogen) atoms. The van der Waals surface area contributed by atoms with E-state index in [2.05, 4.69) is 6.58 Å². The van der Waals surface area contributed by atoms with Crippen LogP contribution in [0.25, 0.3) is 0 Å². The predicted octanol–water partition coefficient (Wildman–Crippen LogP) is 1.58. The van der Waals surface area contributed by atoms with Gasteiger partial charge in [0.05, 0.1) is 0 Å². The summed E-state index contributed by atoms with van der Waals surface area (Å²) in [6, 6.07) is 0.979. The van der Waals surface area contributed by atoms with Gasteiger partial charge in [0.1, 0.15) is 5.79 Å². The maximum absolute atomic E-state index is 12.8. The number of allylic oxidation sites excluding steroid dienone is 1. The minimum atomic E-state index is -1.51. The van der Waals surface area contributed by atoms with Crippen LogP contribution in [0.1, 0.15) is 12.8 Å². The van der Waals surface area contributed by atoms with Gasteiger partial charge in [-0.15, -0.1) is 6.58 Å². The maximum Gasteiger partial charge on any atom is 0.216 e. The molecule has 1 aliphatic heterocycles. The molecule has 1 fully saturated rings. The molecule has 1 saturated heterocycles. The Bertz CT molecular complexity index is 112. The van der Waals surface area contributed by atoms with E-state index in [4.69, 9.17) is 4.43 Å². The molecule has 1 heterocycles. The summed E-state index contributed by atoms with van der Waals surface area (Å²) in [6.07, 6.45) is 3.63. The molecule has 0 amide bonds. The lowest BCUT2D eigenvalue weighted by Crippen LogP contribution is -2.32. The third-order valence-corrected chi connectivity index (χ3v) is 4.42. The Morgan fingerprint density at radius 3 is 2.90 bits per heavy atom. The molecule has 1 rings (SSSR count). The van der Waals surface area contributed by atoms with Crippen LogP contribution < -0.4 is 0 Å². The summed E-state index contributed by atoms with van der Waals surface area (Å²) in [7, 11) is -1.51. The highest BCUT2D eigenvalue weighted by atomic mass is 28.3. The molecular formula is C7H13FOSi. The smallest absolute Gasteiger partial charge is 0.216 e. The van der Waals surface area contributed by atoms with Crippen LogP contribution in [0, 0.1) is 0 Å². The highest BCUT2D eigenvalue weighted by Gasteiger charge is 2.23. The quantitative estimate of drug-likeness (QED) is 0.440. The Labute approximate surface area is 62.6 Å². The van der Waals surface area contributed by atoms with Crippen molar-refractivity contribution in [3.63, 3.8) is 0 Å². The van der Waals surface area contributed by atoms with Crippen LogP contribution in [0.4, 0.5) is 4.39 Å². The van der Waals surface area contributed by atoms with Crippen molar-refractivity contribution in [2.24, 2.45) is 0 Å². The van der Waals surface area contributed by atoms with Gasteiger partial charge in [-0.1, -0.05) is 12.5 Å². The molecule has 58 valence electrons. The van der Waals surface area contributed by atoms with E-state index in [1.807, 2.05) is 0 Å². The monoisotopic (exact) mass is 160 g/mol. The first-order valence-corrected chi connectivity index (χ1v) is 5.68.